The summed E-state index contributed by atoms with van der Waals surface area (Å²) in [5, 5.41) is 0. The first-order valence-corrected chi connectivity index (χ1v) is 8.16. The van der Waals surface area contributed by atoms with Crippen LogP contribution in [0, 0.1) is 12.7 Å². The molecule has 0 saturated heterocycles. The second-order valence-electron chi connectivity index (χ2n) is 5.82. The lowest BCUT2D eigenvalue weighted by Crippen LogP contribution is -2.32. The Morgan fingerprint density at radius 2 is 1.81 bits per heavy atom. The number of halogens is 1. The van der Waals surface area contributed by atoms with Gasteiger partial charge in [0.2, 0.25) is 5.91 Å². The number of benzene rings is 1. The molecule has 0 bridgehead atoms. The first-order valence-electron chi connectivity index (χ1n) is 8.16. The summed E-state index contributed by atoms with van der Waals surface area (Å²) in [6.07, 6.45) is -0.121. The van der Waals surface area contributed by atoms with Crippen molar-refractivity contribution in [3.63, 3.8) is 0 Å². The number of aromatic amines is 1. The van der Waals surface area contributed by atoms with Crippen LogP contribution >= 0.6 is 0 Å². The van der Waals surface area contributed by atoms with Crippen molar-refractivity contribution in [2.45, 2.75) is 27.2 Å². The SMILES string of the molecule is CCN(C(=O)Cc1[nH]c(C(C)=O)c(C)c1C(=O)OC)c1ccc(F)cc1. The number of likely N-dealkylation sites (N-methyl/N-ethyl adjacent to an activating group) is 1. The molecule has 1 amide bonds. The van der Waals surface area contributed by atoms with Crippen LogP contribution in [0.1, 0.15) is 46.0 Å². The van der Waals surface area contributed by atoms with Crippen molar-refractivity contribution < 1.29 is 23.5 Å². The molecule has 1 aromatic heterocycles. The molecule has 26 heavy (non-hydrogen) atoms. The number of aromatic nitrogens is 1. The van der Waals surface area contributed by atoms with Crippen molar-refractivity contribution in [3.8, 4) is 0 Å². The molecule has 0 radical (unpaired) electrons. The van der Waals surface area contributed by atoms with E-state index in [0.29, 0.717) is 23.5 Å². The summed E-state index contributed by atoms with van der Waals surface area (Å²) in [6, 6.07) is 5.58. The number of nitrogens with one attached hydrogen (secondary N) is 1. The molecule has 0 aliphatic heterocycles. The zero-order valence-electron chi connectivity index (χ0n) is 15.2. The molecule has 0 fully saturated rings. The van der Waals surface area contributed by atoms with Crippen LogP contribution in [0.5, 0.6) is 0 Å². The Morgan fingerprint density at radius 3 is 2.31 bits per heavy atom. The van der Waals surface area contributed by atoms with Gasteiger partial charge in [-0.2, -0.15) is 0 Å². The summed E-state index contributed by atoms with van der Waals surface area (Å²) in [7, 11) is 1.24. The van der Waals surface area contributed by atoms with Crippen LogP contribution in [-0.4, -0.2) is 36.3 Å². The van der Waals surface area contributed by atoms with E-state index in [9.17, 15) is 18.8 Å². The number of ketones is 1. The molecular weight excluding hydrogens is 339 g/mol. The van der Waals surface area contributed by atoms with Gasteiger partial charge >= 0.3 is 5.97 Å². The fourth-order valence-electron chi connectivity index (χ4n) is 2.89. The van der Waals surface area contributed by atoms with E-state index >= 15 is 0 Å². The third-order valence-electron chi connectivity index (χ3n) is 4.15. The fourth-order valence-corrected chi connectivity index (χ4v) is 2.89. The Morgan fingerprint density at radius 1 is 1.19 bits per heavy atom. The maximum absolute atomic E-state index is 13.1. The minimum absolute atomic E-state index is 0.121. The maximum atomic E-state index is 13.1. The van der Waals surface area contributed by atoms with Crippen LogP contribution in [-0.2, 0) is 16.0 Å². The average Bonchev–Trinajstić information content (AvgIpc) is 2.93. The molecule has 7 heteroatoms. The third kappa shape index (κ3) is 3.82. The topological polar surface area (TPSA) is 79.5 Å². The highest BCUT2D eigenvalue weighted by Gasteiger charge is 2.26. The number of carbonyl (C=O) groups excluding carboxylic acids is 3. The van der Waals surface area contributed by atoms with Crippen LogP contribution < -0.4 is 4.90 Å². The van der Waals surface area contributed by atoms with E-state index in [1.165, 1.54) is 43.2 Å². The molecule has 0 spiro atoms. The van der Waals surface area contributed by atoms with Gasteiger partial charge in [-0.05, 0) is 43.7 Å². The largest absolute Gasteiger partial charge is 0.465 e. The van der Waals surface area contributed by atoms with Crippen LogP contribution in [0.4, 0.5) is 10.1 Å². The smallest absolute Gasteiger partial charge is 0.339 e. The zero-order valence-corrected chi connectivity index (χ0v) is 15.2. The Bertz CT molecular complexity index is 840. The van der Waals surface area contributed by atoms with Gasteiger partial charge in [0.05, 0.1) is 24.8 Å². The molecule has 0 unspecified atom stereocenters. The van der Waals surface area contributed by atoms with Gasteiger partial charge in [-0.1, -0.05) is 0 Å². The standard InChI is InChI=1S/C19H21FN2O4/c1-5-22(14-8-6-13(20)7-9-14)16(24)10-15-17(19(25)26-4)11(2)18(21-15)12(3)23/h6-9,21H,5,10H2,1-4H3. The fraction of sp³-hybridized carbons (Fsp3) is 0.316. The van der Waals surface area contributed by atoms with Crippen molar-refractivity contribution in [2.24, 2.45) is 0 Å². The molecule has 0 saturated carbocycles. The van der Waals surface area contributed by atoms with E-state index in [4.69, 9.17) is 4.74 Å². The number of H-pyrrole nitrogens is 1. The number of nitrogens with zero attached hydrogens (tertiary/aromatic N) is 1. The van der Waals surface area contributed by atoms with Crippen LogP contribution in [0.2, 0.25) is 0 Å². The Kier molecular flexibility index (Phi) is 5.92. The second kappa shape index (κ2) is 7.95. The van der Waals surface area contributed by atoms with Crippen molar-refractivity contribution >= 4 is 23.3 Å². The molecule has 2 aromatic rings. The first-order chi connectivity index (χ1) is 12.3. The molecule has 138 valence electrons. The zero-order chi connectivity index (χ0) is 19.4. The summed E-state index contributed by atoms with van der Waals surface area (Å²) < 4.78 is 17.9. The van der Waals surface area contributed by atoms with Gasteiger partial charge in [-0.3, -0.25) is 9.59 Å². The molecule has 0 aliphatic rings. The van der Waals surface area contributed by atoms with Gasteiger partial charge in [0.25, 0.3) is 0 Å². The number of Topliss-reactive ketones (excluding diaryl/α,β-unsaturated/α-hetero) is 1. The maximum Gasteiger partial charge on any atom is 0.339 e. The molecule has 6 nitrogen and oxygen atoms in total. The molecular formula is C19H21FN2O4. The number of ether oxygens (including phenoxy) is 1. The van der Waals surface area contributed by atoms with E-state index in [0.717, 1.165) is 0 Å². The number of anilines is 1. The third-order valence-corrected chi connectivity index (χ3v) is 4.15. The van der Waals surface area contributed by atoms with Crippen LogP contribution in [0.3, 0.4) is 0 Å². The molecule has 1 aromatic carbocycles. The summed E-state index contributed by atoms with van der Waals surface area (Å²) in [5.74, 6) is -1.53. The van der Waals surface area contributed by atoms with Gasteiger partial charge in [0, 0.05) is 24.8 Å². The average molecular weight is 360 g/mol. The first kappa shape index (κ1) is 19.4. The predicted octanol–water partition coefficient (Wildman–Crippen LogP) is 3.05. The van der Waals surface area contributed by atoms with Gasteiger partial charge in [0.15, 0.2) is 5.78 Å². The van der Waals surface area contributed by atoms with Gasteiger partial charge < -0.3 is 14.6 Å². The highest BCUT2D eigenvalue weighted by Crippen LogP contribution is 2.22. The number of rotatable bonds is 6. The van der Waals surface area contributed by atoms with Crippen LogP contribution in [0.15, 0.2) is 24.3 Å². The van der Waals surface area contributed by atoms with E-state index < -0.39 is 11.8 Å². The van der Waals surface area contributed by atoms with Crippen molar-refractivity contribution in [1.29, 1.82) is 0 Å². The lowest BCUT2D eigenvalue weighted by Gasteiger charge is -2.21. The molecule has 0 aliphatic carbocycles. The molecule has 1 heterocycles. The van der Waals surface area contributed by atoms with Gasteiger partial charge in [-0.15, -0.1) is 0 Å². The van der Waals surface area contributed by atoms with E-state index in [-0.39, 0.29) is 29.4 Å². The number of carbonyl (C=O) groups is 3. The quantitative estimate of drug-likeness (QED) is 0.634. The Labute approximate surface area is 151 Å². The van der Waals surface area contributed by atoms with Crippen LogP contribution in [0.25, 0.3) is 0 Å². The summed E-state index contributed by atoms with van der Waals surface area (Å²) in [6.45, 7) is 5.17. The lowest BCUT2D eigenvalue weighted by atomic mass is 10.1. The minimum atomic E-state index is -0.612. The normalized spacial score (nSPS) is 10.5. The summed E-state index contributed by atoms with van der Waals surface area (Å²) in [5.41, 5.74) is 1.80. The molecule has 1 N–H and O–H groups in total. The van der Waals surface area contributed by atoms with Gasteiger partial charge in [0.1, 0.15) is 5.82 Å². The lowest BCUT2D eigenvalue weighted by molar-refractivity contribution is -0.118. The van der Waals surface area contributed by atoms with Crippen molar-refractivity contribution in [2.75, 3.05) is 18.6 Å². The number of methoxy groups -OCH3 is 1. The molecule has 0 atom stereocenters. The Hall–Kier alpha value is -2.96. The van der Waals surface area contributed by atoms with Crippen molar-refractivity contribution in [3.05, 3.63) is 52.6 Å². The summed E-state index contributed by atoms with van der Waals surface area (Å²) in [4.78, 5) is 41.0. The number of esters is 1. The Balaban J connectivity index is 2.38. The summed E-state index contributed by atoms with van der Waals surface area (Å²) >= 11 is 0. The predicted molar refractivity (Wildman–Crippen MR) is 95.0 cm³/mol. The number of hydrogen-bond acceptors (Lipinski definition) is 4. The van der Waals surface area contributed by atoms with Gasteiger partial charge in [-0.25, -0.2) is 9.18 Å². The van der Waals surface area contributed by atoms with E-state index in [2.05, 4.69) is 4.98 Å². The van der Waals surface area contributed by atoms with Crippen molar-refractivity contribution in [1.82, 2.24) is 4.98 Å². The second-order valence-corrected chi connectivity index (χ2v) is 5.82. The minimum Gasteiger partial charge on any atom is -0.465 e. The number of amides is 1. The highest BCUT2D eigenvalue weighted by atomic mass is 19.1. The van der Waals surface area contributed by atoms with E-state index in [1.807, 2.05) is 0 Å². The number of hydrogen-bond donors (Lipinski definition) is 1. The monoisotopic (exact) mass is 360 g/mol. The highest BCUT2D eigenvalue weighted by molar-refractivity contribution is 6.02. The van der Waals surface area contributed by atoms with E-state index in [1.54, 1.807) is 13.8 Å². The molecule has 2 rings (SSSR count).